The van der Waals surface area contributed by atoms with Crippen molar-refractivity contribution in [1.29, 1.82) is 0 Å². The minimum Gasteiger partial charge on any atom is -0.444 e. The molecule has 0 fully saturated rings. The van der Waals surface area contributed by atoms with E-state index >= 15 is 0 Å². The highest BCUT2D eigenvalue weighted by molar-refractivity contribution is 6.10. The Kier molecular flexibility index (Phi) is 5.08. The number of aliphatic imine (C=N–C) groups is 1. The van der Waals surface area contributed by atoms with Crippen LogP contribution in [0.2, 0.25) is 0 Å². The molecule has 1 N–H and O–H groups in total. The normalized spacial score (nSPS) is 11.9. The van der Waals surface area contributed by atoms with Crippen LogP contribution in [0.4, 0.5) is 10.7 Å². The zero-order valence-electron chi connectivity index (χ0n) is 14.0. The fourth-order valence-corrected chi connectivity index (χ4v) is 1.98. The van der Waals surface area contributed by atoms with Gasteiger partial charge in [-0.3, -0.25) is 10.3 Å². The number of carbonyl (C=O) groups is 1. The van der Waals surface area contributed by atoms with Crippen LogP contribution >= 0.6 is 0 Å². The lowest BCUT2D eigenvalue weighted by Crippen LogP contribution is -2.27. The molecule has 2 aromatic rings. The first-order valence-corrected chi connectivity index (χ1v) is 7.41. The van der Waals surface area contributed by atoms with Gasteiger partial charge in [0.05, 0.1) is 11.2 Å². The van der Waals surface area contributed by atoms with E-state index in [-0.39, 0.29) is 5.95 Å². The number of fused-ring (bicyclic) bond motifs is 1. The summed E-state index contributed by atoms with van der Waals surface area (Å²) >= 11 is 0. The number of carbonyl (C=O) groups excluding carboxylic acids is 1. The highest BCUT2D eigenvalue weighted by Gasteiger charge is 2.17. The Labute approximate surface area is 141 Å². The van der Waals surface area contributed by atoms with Crippen LogP contribution in [0.15, 0.2) is 54.8 Å². The van der Waals surface area contributed by atoms with E-state index in [0.717, 1.165) is 10.9 Å². The minimum atomic E-state index is -0.599. The number of ether oxygens (including phenoxy) is 1. The van der Waals surface area contributed by atoms with Crippen LogP contribution in [0.5, 0.6) is 0 Å². The van der Waals surface area contributed by atoms with Gasteiger partial charge in [-0.05, 0) is 32.9 Å². The van der Waals surface area contributed by atoms with Crippen LogP contribution in [0.25, 0.3) is 10.9 Å². The topological polar surface area (TPSA) is 76.5 Å². The molecule has 24 heavy (non-hydrogen) atoms. The molecule has 0 aliphatic carbocycles. The zero-order valence-corrected chi connectivity index (χ0v) is 14.0. The number of nitrogens with zero attached hydrogens (tertiary/aromatic N) is 3. The summed E-state index contributed by atoms with van der Waals surface area (Å²) in [5.74, 6) is 0.176. The summed E-state index contributed by atoms with van der Waals surface area (Å²) in [5, 5.41) is 3.37. The second-order valence-corrected chi connectivity index (χ2v) is 6.00. The van der Waals surface area contributed by atoms with Crippen molar-refractivity contribution in [1.82, 2.24) is 9.97 Å². The number of aromatic nitrogens is 2. The van der Waals surface area contributed by atoms with E-state index in [4.69, 9.17) is 4.74 Å². The number of benzene rings is 1. The number of rotatable bonds is 4. The molecule has 6 heteroatoms. The van der Waals surface area contributed by atoms with Crippen LogP contribution in [-0.4, -0.2) is 27.4 Å². The lowest BCUT2D eigenvalue weighted by atomic mass is 10.1. The van der Waals surface area contributed by atoms with Crippen LogP contribution in [-0.2, 0) is 4.74 Å². The monoisotopic (exact) mass is 324 g/mol. The standard InChI is InChI=1S/C18H20N4O2/c1-6-14(19-7-2)12-8-9-13-11-20-16(21-15(13)10-12)22-17(23)24-18(3,4)5/h6-11H,1-2H2,3-5H3,(H,20,21,22,23). The van der Waals surface area contributed by atoms with E-state index in [2.05, 4.69) is 33.4 Å². The predicted octanol–water partition coefficient (Wildman–Crippen LogP) is 4.10. The van der Waals surface area contributed by atoms with Crippen molar-refractivity contribution in [3.05, 3.63) is 55.4 Å². The minimum absolute atomic E-state index is 0.176. The number of allylic oxidation sites excluding steroid dienone is 1. The summed E-state index contributed by atoms with van der Waals surface area (Å²) < 4.78 is 5.19. The lowest BCUT2D eigenvalue weighted by Gasteiger charge is -2.19. The van der Waals surface area contributed by atoms with Gasteiger partial charge in [-0.25, -0.2) is 14.8 Å². The molecule has 0 saturated heterocycles. The molecule has 0 aliphatic heterocycles. The van der Waals surface area contributed by atoms with E-state index in [9.17, 15) is 4.79 Å². The molecule has 0 unspecified atom stereocenters. The second kappa shape index (κ2) is 7.04. The van der Waals surface area contributed by atoms with Crippen molar-refractivity contribution in [3.8, 4) is 0 Å². The van der Waals surface area contributed by atoms with Gasteiger partial charge < -0.3 is 4.74 Å². The third kappa shape index (κ3) is 4.49. The van der Waals surface area contributed by atoms with Gasteiger partial charge in [0, 0.05) is 23.3 Å². The van der Waals surface area contributed by atoms with Crippen molar-refractivity contribution in [2.45, 2.75) is 26.4 Å². The number of anilines is 1. The van der Waals surface area contributed by atoms with Gasteiger partial charge in [-0.2, -0.15) is 0 Å². The Bertz CT molecular complexity index is 819. The summed E-state index contributed by atoms with van der Waals surface area (Å²) in [4.78, 5) is 24.4. The number of hydrogen-bond donors (Lipinski definition) is 1. The Morgan fingerprint density at radius 2 is 2.08 bits per heavy atom. The number of nitrogens with one attached hydrogen (secondary N) is 1. The summed E-state index contributed by atoms with van der Waals surface area (Å²) in [7, 11) is 0. The molecule has 2 rings (SSSR count). The van der Waals surface area contributed by atoms with Crippen molar-refractivity contribution in [2.75, 3.05) is 5.32 Å². The summed E-state index contributed by atoms with van der Waals surface area (Å²) in [6.07, 6.45) is 4.13. The first-order chi connectivity index (χ1) is 11.3. The quantitative estimate of drug-likeness (QED) is 0.859. The fraction of sp³-hybridized carbons (Fsp3) is 0.222. The maximum absolute atomic E-state index is 11.8. The number of hydrogen-bond acceptors (Lipinski definition) is 5. The van der Waals surface area contributed by atoms with Gasteiger partial charge in [0.1, 0.15) is 5.60 Å². The van der Waals surface area contributed by atoms with Gasteiger partial charge in [0.15, 0.2) is 0 Å². The molecule has 1 aromatic carbocycles. The van der Waals surface area contributed by atoms with Crippen molar-refractivity contribution in [2.24, 2.45) is 4.99 Å². The van der Waals surface area contributed by atoms with Gasteiger partial charge in [-0.15, -0.1) is 0 Å². The molecule has 1 heterocycles. The molecule has 0 spiro atoms. The van der Waals surface area contributed by atoms with Crippen molar-refractivity contribution in [3.63, 3.8) is 0 Å². The van der Waals surface area contributed by atoms with Crippen molar-refractivity contribution < 1.29 is 9.53 Å². The number of amides is 1. The molecule has 0 atom stereocenters. The van der Waals surface area contributed by atoms with Crippen LogP contribution < -0.4 is 5.32 Å². The molecular weight excluding hydrogens is 304 g/mol. The summed E-state index contributed by atoms with van der Waals surface area (Å²) in [6.45, 7) is 12.7. The fourth-order valence-electron chi connectivity index (χ4n) is 1.98. The maximum atomic E-state index is 11.8. The van der Waals surface area contributed by atoms with E-state index < -0.39 is 11.7 Å². The Morgan fingerprint density at radius 3 is 2.71 bits per heavy atom. The van der Waals surface area contributed by atoms with Gasteiger partial charge in [-0.1, -0.05) is 25.3 Å². The molecule has 0 bridgehead atoms. The van der Waals surface area contributed by atoms with E-state index in [0.29, 0.717) is 11.2 Å². The first-order valence-electron chi connectivity index (χ1n) is 7.41. The molecule has 0 aliphatic rings. The molecule has 124 valence electrons. The highest BCUT2D eigenvalue weighted by Crippen LogP contribution is 2.17. The third-order valence-corrected chi connectivity index (χ3v) is 2.91. The second-order valence-electron chi connectivity index (χ2n) is 6.00. The Balaban J connectivity index is 2.32. The molecule has 0 radical (unpaired) electrons. The Morgan fingerprint density at radius 1 is 1.33 bits per heavy atom. The van der Waals surface area contributed by atoms with Crippen molar-refractivity contribution >= 4 is 28.7 Å². The molecule has 6 nitrogen and oxygen atoms in total. The maximum Gasteiger partial charge on any atom is 0.414 e. The van der Waals surface area contributed by atoms with Crippen LogP contribution in [0.1, 0.15) is 26.3 Å². The zero-order chi connectivity index (χ0) is 17.7. The smallest absolute Gasteiger partial charge is 0.414 e. The lowest BCUT2D eigenvalue weighted by molar-refractivity contribution is 0.0634. The highest BCUT2D eigenvalue weighted by atomic mass is 16.6. The summed E-state index contributed by atoms with van der Waals surface area (Å²) in [6, 6.07) is 5.63. The average molecular weight is 324 g/mol. The van der Waals surface area contributed by atoms with E-state index in [1.54, 1.807) is 33.0 Å². The molecule has 1 aromatic heterocycles. The van der Waals surface area contributed by atoms with Crippen LogP contribution in [0, 0.1) is 0 Å². The average Bonchev–Trinajstić information content (AvgIpc) is 2.50. The van der Waals surface area contributed by atoms with E-state index in [1.807, 2.05) is 18.2 Å². The first kappa shape index (κ1) is 17.3. The molecule has 1 amide bonds. The Hall–Kier alpha value is -3.02. The predicted molar refractivity (Wildman–Crippen MR) is 96.3 cm³/mol. The third-order valence-electron chi connectivity index (χ3n) is 2.91. The van der Waals surface area contributed by atoms with Gasteiger partial charge in [0.2, 0.25) is 5.95 Å². The van der Waals surface area contributed by atoms with Gasteiger partial charge in [0.25, 0.3) is 0 Å². The SMILES string of the molecule is C=CN=C(C=C)c1ccc2cnc(NC(=O)OC(C)(C)C)nc2c1. The van der Waals surface area contributed by atoms with Crippen LogP contribution in [0.3, 0.4) is 0 Å². The largest absolute Gasteiger partial charge is 0.444 e. The molecular formula is C18H20N4O2. The summed E-state index contributed by atoms with van der Waals surface area (Å²) in [5.41, 5.74) is 1.62. The van der Waals surface area contributed by atoms with Gasteiger partial charge >= 0.3 is 6.09 Å². The van der Waals surface area contributed by atoms with E-state index in [1.165, 1.54) is 6.20 Å². The molecule has 0 saturated carbocycles.